The van der Waals surface area contributed by atoms with E-state index in [1.165, 1.54) is 5.56 Å². The molecule has 0 heterocycles. The summed E-state index contributed by atoms with van der Waals surface area (Å²) in [6.07, 6.45) is 2.22. The first-order valence-corrected chi connectivity index (χ1v) is 7.68. The number of hydrogen-bond acceptors (Lipinski definition) is 2. The van der Waals surface area contributed by atoms with Gasteiger partial charge in [-0.2, -0.15) is 0 Å². The van der Waals surface area contributed by atoms with E-state index in [1.54, 1.807) is 0 Å². The Labute approximate surface area is 132 Å². The maximum atomic E-state index is 5.86. The SMILES string of the molecule is CNC(C)CCc1ccc(OCc2ccc(Cl)cc2)cc1. The quantitative estimate of drug-likeness (QED) is 0.815. The van der Waals surface area contributed by atoms with Crippen molar-refractivity contribution in [1.29, 1.82) is 0 Å². The molecule has 0 saturated heterocycles. The molecule has 0 bridgehead atoms. The minimum Gasteiger partial charge on any atom is -0.489 e. The monoisotopic (exact) mass is 303 g/mol. The van der Waals surface area contributed by atoms with Crippen LogP contribution in [0.4, 0.5) is 0 Å². The highest BCUT2D eigenvalue weighted by molar-refractivity contribution is 6.30. The second-order valence-electron chi connectivity index (χ2n) is 5.29. The minimum absolute atomic E-state index is 0.547. The van der Waals surface area contributed by atoms with Crippen molar-refractivity contribution in [3.8, 4) is 5.75 Å². The summed E-state index contributed by atoms with van der Waals surface area (Å²) in [5, 5.41) is 4.00. The van der Waals surface area contributed by atoms with Gasteiger partial charge in [0.1, 0.15) is 12.4 Å². The van der Waals surface area contributed by atoms with Gasteiger partial charge in [0, 0.05) is 11.1 Å². The number of nitrogens with one attached hydrogen (secondary N) is 1. The Morgan fingerprint density at radius 1 is 1.00 bits per heavy atom. The Kier molecular flexibility index (Phi) is 6.09. The van der Waals surface area contributed by atoms with E-state index in [0.717, 1.165) is 29.2 Å². The first-order chi connectivity index (χ1) is 10.2. The van der Waals surface area contributed by atoms with Gasteiger partial charge in [0.2, 0.25) is 0 Å². The van der Waals surface area contributed by atoms with Gasteiger partial charge in [-0.1, -0.05) is 35.9 Å². The average molecular weight is 304 g/mol. The summed E-state index contributed by atoms with van der Waals surface area (Å²) < 4.78 is 5.78. The fraction of sp³-hybridized carbons (Fsp3) is 0.333. The molecule has 2 aromatic carbocycles. The zero-order valence-corrected chi connectivity index (χ0v) is 13.4. The fourth-order valence-corrected chi connectivity index (χ4v) is 2.15. The van der Waals surface area contributed by atoms with Crippen LogP contribution in [-0.2, 0) is 13.0 Å². The number of halogens is 1. The van der Waals surface area contributed by atoms with E-state index < -0.39 is 0 Å². The average Bonchev–Trinajstić information content (AvgIpc) is 2.53. The summed E-state index contributed by atoms with van der Waals surface area (Å²) in [5.74, 6) is 0.898. The van der Waals surface area contributed by atoms with E-state index in [4.69, 9.17) is 16.3 Å². The third-order valence-corrected chi connectivity index (χ3v) is 3.85. The van der Waals surface area contributed by atoms with Crippen molar-refractivity contribution >= 4 is 11.6 Å². The molecule has 0 aliphatic heterocycles. The van der Waals surface area contributed by atoms with E-state index in [1.807, 2.05) is 43.4 Å². The second-order valence-corrected chi connectivity index (χ2v) is 5.72. The second kappa shape index (κ2) is 8.06. The molecule has 0 saturated carbocycles. The fourth-order valence-electron chi connectivity index (χ4n) is 2.03. The summed E-state index contributed by atoms with van der Waals surface area (Å²) in [4.78, 5) is 0. The lowest BCUT2D eigenvalue weighted by Gasteiger charge is -2.10. The van der Waals surface area contributed by atoms with Gasteiger partial charge in [0.05, 0.1) is 0 Å². The van der Waals surface area contributed by atoms with Crippen LogP contribution in [0.1, 0.15) is 24.5 Å². The van der Waals surface area contributed by atoms with Crippen molar-refractivity contribution in [2.75, 3.05) is 7.05 Å². The van der Waals surface area contributed by atoms with Crippen molar-refractivity contribution < 1.29 is 4.74 Å². The topological polar surface area (TPSA) is 21.3 Å². The number of benzene rings is 2. The van der Waals surface area contributed by atoms with Gasteiger partial charge in [0.15, 0.2) is 0 Å². The molecule has 2 nitrogen and oxygen atoms in total. The van der Waals surface area contributed by atoms with Crippen LogP contribution in [0.5, 0.6) is 5.75 Å². The Morgan fingerprint density at radius 3 is 2.24 bits per heavy atom. The molecule has 1 unspecified atom stereocenters. The van der Waals surface area contributed by atoms with Crippen LogP contribution in [0.2, 0.25) is 5.02 Å². The van der Waals surface area contributed by atoms with Gasteiger partial charge < -0.3 is 10.1 Å². The Morgan fingerprint density at radius 2 is 1.62 bits per heavy atom. The van der Waals surface area contributed by atoms with Crippen LogP contribution >= 0.6 is 11.6 Å². The summed E-state index contributed by atoms with van der Waals surface area (Å²) in [6, 6.07) is 16.6. The molecule has 0 fully saturated rings. The van der Waals surface area contributed by atoms with Crippen molar-refractivity contribution in [2.45, 2.75) is 32.4 Å². The molecule has 2 rings (SSSR count). The molecule has 0 aliphatic rings. The third kappa shape index (κ3) is 5.41. The molecule has 0 aromatic heterocycles. The van der Waals surface area contributed by atoms with E-state index in [2.05, 4.69) is 24.4 Å². The normalized spacial score (nSPS) is 12.1. The summed E-state index contributed by atoms with van der Waals surface area (Å²) in [6.45, 7) is 2.76. The van der Waals surface area contributed by atoms with Crippen LogP contribution in [0.3, 0.4) is 0 Å². The van der Waals surface area contributed by atoms with E-state index in [-0.39, 0.29) is 0 Å². The van der Waals surface area contributed by atoms with Gasteiger partial charge in [-0.3, -0.25) is 0 Å². The molecule has 0 amide bonds. The van der Waals surface area contributed by atoms with Crippen LogP contribution in [0.25, 0.3) is 0 Å². The standard InChI is InChI=1S/C18H22ClNO/c1-14(20-2)3-4-15-7-11-18(12-8-15)21-13-16-5-9-17(19)10-6-16/h5-12,14,20H,3-4,13H2,1-2H3. The predicted octanol–water partition coefficient (Wildman–Crippen LogP) is 4.46. The predicted molar refractivity (Wildman–Crippen MR) is 89.1 cm³/mol. The Hall–Kier alpha value is -1.51. The smallest absolute Gasteiger partial charge is 0.119 e. The van der Waals surface area contributed by atoms with E-state index >= 15 is 0 Å². The number of rotatable bonds is 7. The lowest BCUT2D eigenvalue weighted by atomic mass is 10.1. The van der Waals surface area contributed by atoms with Crippen LogP contribution < -0.4 is 10.1 Å². The largest absolute Gasteiger partial charge is 0.489 e. The molecule has 0 spiro atoms. The molecule has 21 heavy (non-hydrogen) atoms. The number of aryl methyl sites for hydroxylation is 1. The summed E-state index contributed by atoms with van der Waals surface area (Å²) in [7, 11) is 2.00. The Balaban J connectivity index is 1.83. The van der Waals surface area contributed by atoms with Gasteiger partial charge in [-0.15, -0.1) is 0 Å². The van der Waals surface area contributed by atoms with Crippen LogP contribution in [0.15, 0.2) is 48.5 Å². The van der Waals surface area contributed by atoms with Gasteiger partial charge in [-0.05, 0) is 62.2 Å². The molecule has 1 N–H and O–H groups in total. The van der Waals surface area contributed by atoms with E-state index in [0.29, 0.717) is 12.6 Å². The van der Waals surface area contributed by atoms with Gasteiger partial charge >= 0.3 is 0 Å². The minimum atomic E-state index is 0.547. The highest BCUT2D eigenvalue weighted by Gasteiger charge is 2.01. The molecule has 0 aliphatic carbocycles. The van der Waals surface area contributed by atoms with Crippen molar-refractivity contribution in [2.24, 2.45) is 0 Å². The maximum Gasteiger partial charge on any atom is 0.119 e. The van der Waals surface area contributed by atoms with Crippen LogP contribution in [-0.4, -0.2) is 13.1 Å². The van der Waals surface area contributed by atoms with Crippen LogP contribution in [0, 0.1) is 0 Å². The van der Waals surface area contributed by atoms with Gasteiger partial charge in [0.25, 0.3) is 0 Å². The first-order valence-electron chi connectivity index (χ1n) is 7.31. The van der Waals surface area contributed by atoms with Crippen molar-refractivity contribution in [1.82, 2.24) is 5.32 Å². The third-order valence-electron chi connectivity index (χ3n) is 3.60. The highest BCUT2D eigenvalue weighted by atomic mass is 35.5. The molecule has 1 atom stereocenters. The molecular weight excluding hydrogens is 282 g/mol. The molecule has 3 heteroatoms. The Bertz CT molecular complexity index is 536. The number of ether oxygens (including phenoxy) is 1. The first kappa shape index (κ1) is 15.9. The van der Waals surface area contributed by atoms with Crippen molar-refractivity contribution in [3.05, 3.63) is 64.7 Å². The van der Waals surface area contributed by atoms with Gasteiger partial charge in [-0.25, -0.2) is 0 Å². The number of hydrogen-bond donors (Lipinski definition) is 1. The lowest BCUT2D eigenvalue weighted by molar-refractivity contribution is 0.306. The molecule has 112 valence electrons. The summed E-state index contributed by atoms with van der Waals surface area (Å²) >= 11 is 5.86. The highest BCUT2D eigenvalue weighted by Crippen LogP contribution is 2.16. The van der Waals surface area contributed by atoms with Crippen molar-refractivity contribution in [3.63, 3.8) is 0 Å². The molecule has 2 aromatic rings. The molecule has 0 radical (unpaired) electrons. The van der Waals surface area contributed by atoms with E-state index in [9.17, 15) is 0 Å². The summed E-state index contributed by atoms with van der Waals surface area (Å²) in [5.41, 5.74) is 2.46. The lowest BCUT2D eigenvalue weighted by Crippen LogP contribution is -2.21. The zero-order chi connectivity index (χ0) is 15.1. The molecular formula is C18H22ClNO. The zero-order valence-electron chi connectivity index (χ0n) is 12.6. The maximum absolute atomic E-state index is 5.86.